The van der Waals surface area contributed by atoms with E-state index in [1.54, 1.807) is 42.5 Å². The van der Waals surface area contributed by atoms with Gasteiger partial charge in [-0.3, -0.25) is 14.5 Å². The number of halogens is 1. The zero-order chi connectivity index (χ0) is 22.4. The number of thiophene rings is 1. The van der Waals surface area contributed by atoms with Crippen molar-refractivity contribution in [1.82, 2.24) is 0 Å². The summed E-state index contributed by atoms with van der Waals surface area (Å²) in [5.74, 6) is -0.653. The smallest absolute Gasteiger partial charge is 0.300 e. The molecule has 162 valence electrons. The van der Waals surface area contributed by atoms with Gasteiger partial charge in [0.2, 0.25) is 0 Å². The largest absolute Gasteiger partial charge is 0.507 e. The number of benzene rings is 2. The predicted molar refractivity (Wildman–Crippen MR) is 123 cm³/mol. The van der Waals surface area contributed by atoms with Gasteiger partial charge in [0.25, 0.3) is 11.7 Å². The molecule has 1 unspecified atom stereocenters. The van der Waals surface area contributed by atoms with Gasteiger partial charge in [-0.15, -0.1) is 11.3 Å². The van der Waals surface area contributed by atoms with Crippen molar-refractivity contribution < 1.29 is 24.2 Å². The van der Waals surface area contributed by atoms with Crippen molar-refractivity contribution in [2.45, 2.75) is 13.0 Å². The first kappa shape index (κ1) is 20.6. The van der Waals surface area contributed by atoms with Crippen LogP contribution in [0.5, 0.6) is 11.5 Å². The number of ketones is 1. The number of hydrogen-bond donors (Lipinski definition) is 1. The van der Waals surface area contributed by atoms with Gasteiger partial charge in [0.05, 0.1) is 5.57 Å². The number of amides is 1. The van der Waals surface area contributed by atoms with Gasteiger partial charge in [0, 0.05) is 21.2 Å². The number of anilines is 1. The second kappa shape index (κ2) is 8.00. The molecule has 1 amide bonds. The molecule has 2 aromatic carbocycles. The van der Waals surface area contributed by atoms with Crippen LogP contribution in [0, 0.1) is 6.92 Å². The van der Waals surface area contributed by atoms with Gasteiger partial charge in [0.1, 0.15) is 25.0 Å². The first-order valence-electron chi connectivity index (χ1n) is 9.96. The summed E-state index contributed by atoms with van der Waals surface area (Å²) in [5.41, 5.74) is 1.86. The number of nitrogens with zero attached hydrogens (tertiary/aromatic N) is 1. The molecule has 1 aromatic heterocycles. The van der Waals surface area contributed by atoms with Crippen molar-refractivity contribution >= 4 is 46.1 Å². The minimum absolute atomic E-state index is 0.0344. The van der Waals surface area contributed by atoms with Crippen molar-refractivity contribution in [3.63, 3.8) is 0 Å². The Balaban J connectivity index is 1.69. The molecular weight excluding hydrogens is 450 g/mol. The molecule has 0 spiro atoms. The highest BCUT2D eigenvalue weighted by atomic mass is 35.5. The highest BCUT2D eigenvalue weighted by Crippen LogP contribution is 2.45. The molecule has 0 saturated carbocycles. The SMILES string of the molecule is Cc1ccsc1C1/C(=C(/O)c2ccc3c(c2)OCCO3)C(=O)C(=O)N1c1ccc(Cl)cc1. The Hall–Kier alpha value is -3.29. The molecule has 5 rings (SSSR count). The number of ether oxygens (including phenoxy) is 2. The Morgan fingerprint density at radius 1 is 1.06 bits per heavy atom. The molecular formula is C24H18ClNO5S. The highest BCUT2D eigenvalue weighted by Gasteiger charge is 2.48. The van der Waals surface area contributed by atoms with Crippen LogP contribution in [0.1, 0.15) is 22.0 Å². The Kier molecular flexibility index (Phi) is 5.15. The maximum absolute atomic E-state index is 13.2. The number of hydrogen-bond acceptors (Lipinski definition) is 6. The van der Waals surface area contributed by atoms with Gasteiger partial charge in [-0.25, -0.2) is 0 Å². The fraction of sp³-hybridized carbons (Fsp3) is 0.167. The van der Waals surface area contributed by atoms with Crippen molar-refractivity contribution in [3.8, 4) is 11.5 Å². The Morgan fingerprint density at radius 3 is 2.47 bits per heavy atom. The summed E-state index contributed by atoms with van der Waals surface area (Å²) in [4.78, 5) is 28.6. The fourth-order valence-electron chi connectivity index (χ4n) is 3.96. The maximum Gasteiger partial charge on any atom is 0.300 e. The molecule has 3 aromatic rings. The average molecular weight is 468 g/mol. The van der Waals surface area contributed by atoms with Crippen LogP contribution in [0.25, 0.3) is 5.76 Å². The summed E-state index contributed by atoms with van der Waals surface area (Å²) >= 11 is 7.45. The van der Waals surface area contributed by atoms with Crippen molar-refractivity contribution in [2.24, 2.45) is 0 Å². The van der Waals surface area contributed by atoms with Gasteiger partial charge in [0.15, 0.2) is 11.5 Å². The lowest BCUT2D eigenvalue weighted by Gasteiger charge is -2.25. The van der Waals surface area contributed by atoms with Crippen molar-refractivity contribution in [3.05, 3.63) is 80.5 Å². The molecule has 0 bridgehead atoms. The minimum atomic E-state index is -0.760. The van der Waals surface area contributed by atoms with Gasteiger partial charge < -0.3 is 14.6 Å². The standard InChI is InChI=1S/C24H18ClNO5S/c1-13-8-11-32-23(13)20-19(21(27)14-2-7-17-18(12-14)31-10-9-30-17)22(28)24(29)26(20)16-5-3-15(25)4-6-16/h2-8,11-12,20,27H,9-10H2,1H3/b21-19-. The van der Waals surface area contributed by atoms with Crippen LogP contribution in [0.4, 0.5) is 5.69 Å². The van der Waals surface area contributed by atoms with E-state index in [9.17, 15) is 14.7 Å². The van der Waals surface area contributed by atoms with E-state index in [1.165, 1.54) is 16.2 Å². The number of carbonyl (C=O) groups is 2. The second-order valence-corrected chi connectivity index (χ2v) is 8.86. The van der Waals surface area contributed by atoms with E-state index in [0.29, 0.717) is 41.0 Å². The summed E-state index contributed by atoms with van der Waals surface area (Å²) in [5, 5.41) is 13.7. The van der Waals surface area contributed by atoms with E-state index in [2.05, 4.69) is 0 Å². The molecule has 1 atom stereocenters. The third-order valence-electron chi connectivity index (χ3n) is 5.51. The van der Waals surface area contributed by atoms with E-state index in [0.717, 1.165) is 10.4 Å². The Morgan fingerprint density at radius 2 is 1.78 bits per heavy atom. The molecule has 6 nitrogen and oxygen atoms in total. The van der Waals surface area contributed by atoms with Crippen LogP contribution in [0.2, 0.25) is 5.02 Å². The van der Waals surface area contributed by atoms with Gasteiger partial charge >= 0.3 is 0 Å². The predicted octanol–water partition coefficient (Wildman–Crippen LogP) is 5.11. The van der Waals surface area contributed by atoms with Crippen LogP contribution >= 0.6 is 22.9 Å². The van der Waals surface area contributed by atoms with Crippen molar-refractivity contribution in [2.75, 3.05) is 18.1 Å². The number of carbonyl (C=O) groups excluding carboxylic acids is 2. The maximum atomic E-state index is 13.2. The molecule has 1 saturated heterocycles. The molecule has 0 aliphatic carbocycles. The summed E-state index contributed by atoms with van der Waals surface area (Å²) < 4.78 is 11.2. The van der Waals surface area contributed by atoms with Gasteiger partial charge in [-0.2, -0.15) is 0 Å². The molecule has 2 aliphatic heterocycles. The molecule has 8 heteroatoms. The number of aliphatic hydroxyl groups is 1. The Bertz CT molecular complexity index is 1260. The molecule has 0 radical (unpaired) electrons. The first-order chi connectivity index (χ1) is 15.5. The van der Waals surface area contributed by atoms with E-state index in [1.807, 2.05) is 18.4 Å². The topological polar surface area (TPSA) is 76.1 Å². The molecule has 32 heavy (non-hydrogen) atoms. The minimum Gasteiger partial charge on any atom is -0.507 e. The zero-order valence-corrected chi connectivity index (χ0v) is 18.6. The van der Waals surface area contributed by atoms with Crippen LogP contribution in [0.15, 0.2) is 59.5 Å². The third-order valence-corrected chi connectivity index (χ3v) is 6.84. The average Bonchev–Trinajstić information content (AvgIpc) is 3.34. The third kappa shape index (κ3) is 3.34. The lowest BCUT2D eigenvalue weighted by atomic mass is 9.98. The van der Waals surface area contributed by atoms with Gasteiger partial charge in [-0.1, -0.05) is 11.6 Å². The van der Waals surface area contributed by atoms with Crippen LogP contribution in [-0.2, 0) is 9.59 Å². The van der Waals surface area contributed by atoms with E-state index in [-0.39, 0.29) is 11.3 Å². The molecule has 1 N–H and O–H groups in total. The van der Waals surface area contributed by atoms with E-state index >= 15 is 0 Å². The molecule has 3 heterocycles. The zero-order valence-electron chi connectivity index (χ0n) is 17.0. The Labute approximate surface area is 193 Å². The van der Waals surface area contributed by atoms with Crippen molar-refractivity contribution in [1.29, 1.82) is 0 Å². The quantitative estimate of drug-likeness (QED) is 0.329. The summed E-state index contributed by atoms with van der Waals surface area (Å²) in [6.07, 6.45) is 0. The van der Waals surface area contributed by atoms with Gasteiger partial charge in [-0.05, 0) is 66.4 Å². The first-order valence-corrected chi connectivity index (χ1v) is 11.2. The number of rotatable bonds is 3. The second-order valence-electron chi connectivity index (χ2n) is 7.47. The summed E-state index contributed by atoms with van der Waals surface area (Å²) in [6, 6.07) is 12.8. The normalized spacial score (nSPS) is 19.4. The number of aryl methyl sites for hydroxylation is 1. The van der Waals surface area contributed by atoms with Crippen LogP contribution in [0.3, 0.4) is 0 Å². The summed E-state index contributed by atoms with van der Waals surface area (Å²) in [6.45, 7) is 2.76. The number of Topliss-reactive ketones (excluding diaryl/α,β-unsaturated/α-hetero) is 1. The fourth-order valence-corrected chi connectivity index (χ4v) is 5.11. The number of fused-ring (bicyclic) bond motifs is 1. The highest BCUT2D eigenvalue weighted by molar-refractivity contribution is 7.10. The number of aliphatic hydroxyl groups excluding tert-OH is 1. The van der Waals surface area contributed by atoms with E-state index in [4.69, 9.17) is 21.1 Å². The molecule has 2 aliphatic rings. The lowest BCUT2D eigenvalue weighted by molar-refractivity contribution is -0.132. The van der Waals surface area contributed by atoms with Crippen LogP contribution in [-0.4, -0.2) is 30.0 Å². The lowest BCUT2D eigenvalue weighted by Crippen LogP contribution is -2.29. The monoisotopic (exact) mass is 467 g/mol. The molecule has 1 fully saturated rings. The van der Waals surface area contributed by atoms with E-state index < -0.39 is 17.7 Å². The van der Waals surface area contributed by atoms with Crippen LogP contribution < -0.4 is 14.4 Å². The summed E-state index contributed by atoms with van der Waals surface area (Å²) in [7, 11) is 0.